The van der Waals surface area contributed by atoms with E-state index in [1.807, 2.05) is 49.6 Å². The van der Waals surface area contributed by atoms with Crippen LogP contribution in [0, 0.1) is 5.92 Å². The molecule has 6 nitrogen and oxygen atoms in total. The van der Waals surface area contributed by atoms with Crippen LogP contribution in [0.3, 0.4) is 0 Å². The number of hydrogen-bond donors (Lipinski definition) is 3. The number of hydrogen-bond acceptors (Lipinski definition) is 5. The van der Waals surface area contributed by atoms with Gasteiger partial charge in [0.15, 0.2) is 0 Å². The number of nitrogens with one attached hydrogen (secondary N) is 2. The average molecular weight is 383 g/mol. The lowest BCUT2D eigenvalue weighted by atomic mass is 10.1. The van der Waals surface area contributed by atoms with Crippen LogP contribution in [0.15, 0.2) is 41.9 Å². The van der Waals surface area contributed by atoms with Crippen LogP contribution in [0.2, 0.25) is 0 Å². The second kappa shape index (κ2) is 10.1. The minimum absolute atomic E-state index is 0. The minimum Gasteiger partial charge on any atom is -0.346 e. The van der Waals surface area contributed by atoms with E-state index in [0.717, 1.165) is 10.6 Å². The number of thiazole rings is 1. The van der Waals surface area contributed by atoms with Crippen LogP contribution in [0.25, 0.3) is 0 Å². The Balaban J connectivity index is 0.00000312. The Labute approximate surface area is 157 Å². The van der Waals surface area contributed by atoms with E-state index in [4.69, 9.17) is 5.73 Å². The van der Waals surface area contributed by atoms with Crippen molar-refractivity contribution in [3.8, 4) is 0 Å². The van der Waals surface area contributed by atoms with Crippen molar-refractivity contribution >= 4 is 35.6 Å². The van der Waals surface area contributed by atoms with Crippen molar-refractivity contribution in [1.29, 1.82) is 0 Å². The lowest BCUT2D eigenvalue weighted by Gasteiger charge is -2.18. The second-order valence-electron chi connectivity index (χ2n) is 5.77. The first-order valence-corrected chi connectivity index (χ1v) is 8.64. The standard InChI is InChI=1S/C17H22N4O2S.ClH/c1-11(2)14(18)16(23)20-10-13(22)21-15(17-19-8-9-24-17)12-6-4-3-5-7-12;/h3-9,11,14-15H,10,18H2,1-2H3,(H,20,23)(H,21,22);1H/t14-,15?;/m0./s1. The Morgan fingerprint density at radius 3 is 2.48 bits per heavy atom. The van der Waals surface area contributed by atoms with Crippen LogP contribution in [0.5, 0.6) is 0 Å². The molecule has 0 fully saturated rings. The average Bonchev–Trinajstić information content (AvgIpc) is 3.11. The largest absolute Gasteiger partial charge is 0.346 e. The first kappa shape index (κ1) is 21.1. The summed E-state index contributed by atoms with van der Waals surface area (Å²) in [6, 6.07) is 8.63. The first-order chi connectivity index (χ1) is 11.5. The Kier molecular flexibility index (Phi) is 8.54. The zero-order valence-electron chi connectivity index (χ0n) is 14.1. The number of carbonyl (C=O) groups is 2. The molecule has 0 aliphatic heterocycles. The van der Waals surface area contributed by atoms with Gasteiger partial charge in [0.1, 0.15) is 11.0 Å². The van der Waals surface area contributed by atoms with Gasteiger partial charge in [-0.3, -0.25) is 9.59 Å². The summed E-state index contributed by atoms with van der Waals surface area (Å²) in [7, 11) is 0. The van der Waals surface area contributed by atoms with Gasteiger partial charge in [0, 0.05) is 11.6 Å². The molecule has 0 radical (unpaired) electrons. The van der Waals surface area contributed by atoms with Gasteiger partial charge in [0.25, 0.3) is 0 Å². The van der Waals surface area contributed by atoms with Crippen molar-refractivity contribution < 1.29 is 9.59 Å². The number of rotatable bonds is 7. The Morgan fingerprint density at radius 1 is 1.24 bits per heavy atom. The van der Waals surface area contributed by atoms with Gasteiger partial charge < -0.3 is 16.4 Å². The van der Waals surface area contributed by atoms with Crippen LogP contribution in [0.1, 0.15) is 30.5 Å². The summed E-state index contributed by atoms with van der Waals surface area (Å²) >= 11 is 1.47. The lowest BCUT2D eigenvalue weighted by molar-refractivity contribution is -0.127. The van der Waals surface area contributed by atoms with Crippen molar-refractivity contribution in [3.05, 3.63) is 52.5 Å². The van der Waals surface area contributed by atoms with E-state index in [1.54, 1.807) is 6.20 Å². The molecule has 2 rings (SSSR count). The molecular formula is C17H23ClN4O2S. The second-order valence-corrected chi connectivity index (χ2v) is 6.70. The van der Waals surface area contributed by atoms with Crippen LogP contribution < -0.4 is 16.4 Å². The monoisotopic (exact) mass is 382 g/mol. The van der Waals surface area contributed by atoms with E-state index in [2.05, 4.69) is 15.6 Å². The van der Waals surface area contributed by atoms with E-state index < -0.39 is 6.04 Å². The highest BCUT2D eigenvalue weighted by Gasteiger charge is 2.21. The Hall–Kier alpha value is -1.96. The van der Waals surface area contributed by atoms with Crippen molar-refractivity contribution in [1.82, 2.24) is 15.6 Å². The molecular weight excluding hydrogens is 360 g/mol. The fraction of sp³-hybridized carbons (Fsp3) is 0.353. The molecule has 1 heterocycles. The zero-order chi connectivity index (χ0) is 17.5. The number of nitrogens with two attached hydrogens (primary N) is 1. The summed E-state index contributed by atoms with van der Waals surface area (Å²) in [5, 5.41) is 8.14. The number of nitrogens with zero attached hydrogens (tertiary/aromatic N) is 1. The lowest BCUT2D eigenvalue weighted by Crippen LogP contribution is -2.47. The quantitative estimate of drug-likeness (QED) is 0.681. The van der Waals surface area contributed by atoms with Crippen LogP contribution in [-0.2, 0) is 9.59 Å². The minimum atomic E-state index is -0.623. The summed E-state index contributed by atoms with van der Waals surface area (Å²) in [6.45, 7) is 3.60. The summed E-state index contributed by atoms with van der Waals surface area (Å²) in [5.41, 5.74) is 6.70. The van der Waals surface area contributed by atoms with Crippen molar-refractivity contribution in [3.63, 3.8) is 0 Å². The number of amides is 2. The third-order valence-electron chi connectivity index (χ3n) is 3.58. The predicted octanol–water partition coefficient (Wildman–Crippen LogP) is 1.87. The fourth-order valence-corrected chi connectivity index (χ4v) is 2.82. The maximum Gasteiger partial charge on any atom is 0.240 e. The maximum absolute atomic E-state index is 12.2. The molecule has 0 aliphatic rings. The number of carbonyl (C=O) groups excluding carboxylic acids is 2. The predicted molar refractivity (Wildman–Crippen MR) is 102 cm³/mol. The van der Waals surface area contributed by atoms with E-state index in [1.165, 1.54) is 11.3 Å². The topological polar surface area (TPSA) is 97.1 Å². The fourth-order valence-electron chi connectivity index (χ4n) is 2.11. The van der Waals surface area contributed by atoms with Gasteiger partial charge in [0.05, 0.1) is 12.6 Å². The van der Waals surface area contributed by atoms with Gasteiger partial charge >= 0.3 is 0 Å². The van der Waals surface area contributed by atoms with Gasteiger partial charge in [-0.05, 0) is 11.5 Å². The smallest absolute Gasteiger partial charge is 0.240 e. The molecule has 0 aliphatic carbocycles. The SMILES string of the molecule is CC(C)[C@H](N)C(=O)NCC(=O)NC(c1ccccc1)c1nccs1.Cl. The third kappa shape index (κ3) is 6.12. The molecule has 8 heteroatoms. The maximum atomic E-state index is 12.2. The molecule has 0 saturated carbocycles. The first-order valence-electron chi connectivity index (χ1n) is 7.76. The van der Waals surface area contributed by atoms with E-state index in [0.29, 0.717) is 0 Å². The van der Waals surface area contributed by atoms with Crippen LogP contribution >= 0.6 is 23.7 Å². The summed E-state index contributed by atoms with van der Waals surface area (Å²) in [5.74, 6) is -0.602. The molecule has 4 N–H and O–H groups in total. The highest BCUT2D eigenvalue weighted by Crippen LogP contribution is 2.23. The number of benzene rings is 1. The molecule has 2 aromatic rings. The van der Waals surface area contributed by atoms with Crippen LogP contribution in [0.4, 0.5) is 0 Å². The van der Waals surface area contributed by atoms with Gasteiger partial charge in [-0.25, -0.2) is 4.98 Å². The van der Waals surface area contributed by atoms with Gasteiger partial charge in [-0.2, -0.15) is 0 Å². The highest BCUT2D eigenvalue weighted by molar-refractivity contribution is 7.09. The molecule has 25 heavy (non-hydrogen) atoms. The van der Waals surface area contributed by atoms with E-state index in [-0.39, 0.29) is 42.7 Å². The summed E-state index contributed by atoms with van der Waals surface area (Å²) < 4.78 is 0. The third-order valence-corrected chi connectivity index (χ3v) is 4.42. The molecule has 1 aromatic heterocycles. The zero-order valence-corrected chi connectivity index (χ0v) is 15.8. The molecule has 1 unspecified atom stereocenters. The highest BCUT2D eigenvalue weighted by atomic mass is 35.5. The Morgan fingerprint density at radius 2 is 1.92 bits per heavy atom. The van der Waals surface area contributed by atoms with E-state index >= 15 is 0 Å². The van der Waals surface area contributed by atoms with Gasteiger partial charge in [-0.15, -0.1) is 23.7 Å². The molecule has 1 aromatic carbocycles. The number of halogens is 1. The molecule has 2 atom stereocenters. The normalized spacial score (nSPS) is 12.8. The molecule has 0 bridgehead atoms. The van der Waals surface area contributed by atoms with Gasteiger partial charge in [-0.1, -0.05) is 44.2 Å². The molecule has 0 spiro atoms. The summed E-state index contributed by atoms with van der Waals surface area (Å²) in [4.78, 5) is 28.4. The van der Waals surface area contributed by atoms with Crippen molar-refractivity contribution in [2.75, 3.05) is 6.54 Å². The Bertz CT molecular complexity index is 665. The molecule has 2 amide bonds. The molecule has 136 valence electrons. The van der Waals surface area contributed by atoms with Crippen LogP contribution in [-0.4, -0.2) is 29.4 Å². The van der Waals surface area contributed by atoms with Crippen molar-refractivity contribution in [2.45, 2.75) is 25.9 Å². The molecule has 0 saturated heterocycles. The van der Waals surface area contributed by atoms with Gasteiger partial charge in [0.2, 0.25) is 11.8 Å². The van der Waals surface area contributed by atoms with Crippen molar-refractivity contribution in [2.24, 2.45) is 11.7 Å². The summed E-state index contributed by atoms with van der Waals surface area (Å²) in [6.07, 6.45) is 1.70. The number of aromatic nitrogens is 1. The van der Waals surface area contributed by atoms with E-state index in [9.17, 15) is 9.59 Å².